The Hall–Kier alpha value is -1.36. The molecule has 1 N–H and O–H groups in total. The first-order chi connectivity index (χ1) is 10.5. The lowest BCUT2D eigenvalue weighted by atomic mass is 9.91. The number of aromatic nitrogens is 2. The Bertz CT molecular complexity index is 526. The maximum atomic E-state index is 12.4. The van der Waals surface area contributed by atoms with Crippen LogP contribution in [0, 0.1) is 11.8 Å². The summed E-state index contributed by atoms with van der Waals surface area (Å²) in [6.45, 7) is 3.44. The predicted octanol–water partition coefficient (Wildman–Crippen LogP) is 1.75. The van der Waals surface area contributed by atoms with E-state index in [0.29, 0.717) is 11.8 Å². The molecule has 5 heteroatoms. The number of rotatable bonds is 5. The molecule has 1 aliphatic carbocycles. The molecular formula is C17H27N3O2. The topological polar surface area (TPSA) is 58.4 Å². The van der Waals surface area contributed by atoms with E-state index in [2.05, 4.69) is 9.55 Å². The Labute approximate surface area is 132 Å². The number of hydrogen-bond acceptors (Lipinski definition) is 3. The van der Waals surface area contributed by atoms with Crippen molar-refractivity contribution in [3.8, 4) is 0 Å². The van der Waals surface area contributed by atoms with Gasteiger partial charge in [-0.25, -0.2) is 4.98 Å². The van der Waals surface area contributed by atoms with E-state index < -0.39 is 5.60 Å². The lowest BCUT2D eigenvalue weighted by Gasteiger charge is -2.34. The average molecular weight is 305 g/mol. The zero-order valence-electron chi connectivity index (χ0n) is 13.7. The number of piperidine rings is 1. The van der Waals surface area contributed by atoms with Crippen LogP contribution in [0.15, 0.2) is 12.4 Å². The van der Waals surface area contributed by atoms with Crippen molar-refractivity contribution in [3.63, 3.8) is 0 Å². The number of aliphatic hydroxyl groups is 1. The van der Waals surface area contributed by atoms with Crippen LogP contribution in [-0.2, 0) is 18.3 Å². The largest absolute Gasteiger partial charge is 0.389 e. The highest BCUT2D eigenvalue weighted by Gasteiger charge is 2.42. The molecule has 1 atom stereocenters. The average Bonchev–Trinajstić information content (AvgIpc) is 3.26. The molecule has 2 aliphatic rings. The molecule has 1 amide bonds. The van der Waals surface area contributed by atoms with Gasteiger partial charge in [0.25, 0.3) is 0 Å². The minimum absolute atomic E-state index is 0.118. The van der Waals surface area contributed by atoms with E-state index >= 15 is 0 Å². The third-order valence-electron chi connectivity index (χ3n) is 5.33. The van der Waals surface area contributed by atoms with Crippen molar-refractivity contribution in [2.45, 2.75) is 51.0 Å². The van der Waals surface area contributed by atoms with Gasteiger partial charge in [-0.05, 0) is 44.4 Å². The van der Waals surface area contributed by atoms with Gasteiger partial charge in [-0.15, -0.1) is 0 Å². The summed E-state index contributed by atoms with van der Waals surface area (Å²) in [6, 6.07) is 0. The van der Waals surface area contributed by atoms with Crippen molar-refractivity contribution >= 4 is 5.91 Å². The van der Waals surface area contributed by atoms with Gasteiger partial charge in [0, 0.05) is 39.0 Å². The summed E-state index contributed by atoms with van der Waals surface area (Å²) in [6.07, 6.45) is 9.28. The van der Waals surface area contributed by atoms with Crippen LogP contribution in [0.1, 0.15) is 44.9 Å². The highest BCUT2D eigenvalue weighted by atomic mass is 16.3. The predicted molar refractivity (Wildman–Crippen MR) is 84.2 cm³/mol. The maximum Gasteiger partial charge on any atom is 0.225 e. The monoisotopic (exact) mass is 305 g/mol. The molecule has 0 radical (unpaired) electrons. The molecule has 1 saturated heterocycles. The van der Waals surface area contributed by atoms with E-state index in [9.17, 15) is 9.90 Å². The summed E-state index contributed by atoms with van der Waals surface area (Å²) in [5.41, 5.74) is -0.805. The third-order valence-corrected chi connectivity index (χ3v) is 5.33. The quantitative estimate of drug-likeness (QED) is 0.901. The van der Waals surface area contributed by atoms with Gasteiger partial charge in [0.1, 0.15) is 5.82 Å². The van der Waals surface area contributed by atoms with E-state index in [1.54, 1.807) is 0 Å². The van der Waals surface area contributed by atoms with Gasteiger partial charge in [0.15, 0.2) is 0 Å². The van der Waals surface area contributed by atoms with Gasteiger partial charge >= 0.3 is 0 Å². The molecule has 122 valence electrons. The molecule has 2 fully saturated rings. The molecule has 3 rings (SSSR count). The minimum atomic E-state index is -0.805. The Balaban J connectivity index is 1.47. The SMILES string of the molecule is Cn1ccnc1CC1CCN(C(=O)CC(C)(O)C2CC2)CC1. The van der Waals surface area contributed by atoms with Crippen molar-refractivity contribution in [1.29, 1.82) is 0 Å². The number of aryl methyl sites for hydroxylation is 1. The van der Waals surface area contributed by atoms with Crippen LogP contribution in [0.2, 0.25) is 0 Å². The van der Waals surface area contributed by atoms with Crippen molar-refractivity contribution in [2.75, 3.05) is 13.1 Å². The second-order valence-corrected chi connectivity index (χ2v) is 7.29. The molecule has 1 aromatic heterocycles. The van der Waals surface area contributed by atoms with Crippen molar-refractivity contribution < 1.29 is 9.90 Å². The summed E-state index contributed by atoms with van der Waals surface area (Å²) in [4.78, 5) is 18.7. The van der Waals surface area contributed by atoms with Gasteiger partial charge in [0.05, 0.1) is 12.0 Å². The van der Waals surface area contributed by atoms with Crippen LogP contribution in [0.4, 0.5) is 0 Å². The first-order valence-corrected chi connectivity index (χ1v) is 8.42. The van der Waals surface area contributed by atoms with Gasteiger partial charge in [-0.2, -0.15) is 0 Å². The van der Waals surface area contributed by atoms with Gasteiger partial charge < -0.3 is 14.6 Å². The van der Waals surface area contributed by atoms with E-state index in [1.807, 2.05) is 31.3 Å². The molecular weight excluding hydrogens is 278 g/mol. The Kier molecular flexibility index (Phi) is 4.26. The molecule has 5 nitrogen and oxygen atoms in total. The Morgan fingerprint density at radius 2 is 2.05 bits per heavy atom. The van der Waals surface area contributed by atoms with Crippen LogP contribution >= 0.6 is 0 Å². The number of imidazole rings is 1. The summed E-state index contributed by atoms with van der Waals surface area (Å²) in [5.74, 6) is 2.18. The van der Waals surface area contributed by atoms with E-state index in [0.717, 1.165) is 51.0 Å². The Morgan fingerprint density at radius 3 is 2.59 bits per heavy atom. The number of carbonyl (C=O) groups excluding carboxylic acids is 1. The maximum absolute atomic E-state index is 12.4. The highest BCUT2D eigenvalue weighted by molar-refractivity contribution is 5.77. The summed E-state index contributed by atoms with van der Waals surface area (Å²) >= 11 is 0. The fraction of sp³-hybridized carbons (Fsp3) is 0.765. The third kappa shape index (κ3) is 3.51. The first-order valence-electron chi connectivity index (χ1n) is 8.42. The molecule has 1 aliphatic heterocycles. The standard InChI is InChI=1S/C17H27N3O2/c1-17(22,14-3-4-14)12-16(21)20-8-5-13(6-9-20)11-15-18-7-10-19(15)2/h7,10,13-14,22H,3-6,8-9,11-12H2,1-2H3. The highest BCUT2D eigenvalue weighted by Crippen LogP contribution is 2.41. The lowest BCUT2D eigenvalue weighted by molar-refractivity contribution is -0.138. The van der Waals surface area contributed by atoms with Crippen LogP contribution in [0.3, 0.4) is 0 Å². The second kappa shape index (κ2) is 6.03. The number of carbonyl (C=O) groups is 1. The summed E-state index contributed by atoms with van der Waals surface area (Å²) in [7, 11) is 2.03. The van der Waals surface area contributed by atoms with Crippen LogP contribution in [0.5, 0.6) is 0 Å². The molecule has 0 spiro atoms. The van der Waals surface area contributed by atoms with E-state index in [4.69, 9.17) is 0 Å². The minimum Gasteiger partial charge on any atom is -0.389 e. The van der Waals surface area contributed by atoms with Crippen LogP contribution < -0.4 is 0 Å². The normalized spacial score (nSPS) is 22.6. The number of amides is 1. The Morgan fingerprint density at radius 1 is 1.36 bits per heavy atom. The molecule has 1 saturated carbocycles. The fourth-order valence-corrected chi connectivity index (χ4v) is 3.51. The van der Waals surface area contributed by atoms with E-state index in [1.165, 1.54) is 0 Å². The molecule has 2 heterocycles. The van der Waals surface area contributed by atoms with Gasteiger partial charge in [-0.1, -0.05) is 0 Å². The number of hydrogen-bond donors (Lipinski definition) is 1. The lowest BCUT2D eigenvalue weighted by Crippen LogP contribution is -2.43. The first kappa shape index (κ1) is 15.5. The molecule has 1 aromatic rings. The van der Waals surface area contributed by atoms with E-state index in [-0.39, 0.29) is 12.3 Å². The zero-order chi connectivity index (χ0) is 15.7. The van der Waals surface area contributed by atoms with Crippen molar-refractivity contribution in [2.24, 2.45) is 18.9 Å². The van der Waals surface area contributed by atoms with Crippen LogP contribution in [-0.4, -0.2) is 44.2 Å². The second-order valence-electron chi connectivity index (χ2n) is 7.29. The van der Waals surface area contributed by atoms with Crippen LogP contribution in [0.25, 0.3) is 0 Å². The molecule has 1 unspecified atom stereocenters. The fourth-order valence-electron chi connectivity index (χ4n) is 3.51. The number of likely N-dealkylation sites (tertiary alicyclic amines) is 1. The molecule has 0 bridgehead atoms. The van der Waals surface area contributed by atoms with Crippen molar-refractivity contribution in [3.05, 3.63) is 18.2 Å². The molecule has 22 heavy (non-hydrogen) atoms. The van der Waals surface area contributed by atoms with Gasteiger partial charge in [0.2, 0.25) is 5.91 Å². The molecule has 0 aromatic carbocycles. The zero-order valence-corrected chi connectivity index (χ0v) is 13.7. The summed E-state index contributed by atoms with van der Waals surface area (Å²) in [5, 5.41) is 10.4. The smallest absolute Gasteiger partial charge is 0.225 e. The van der Waals surface area contributed by atoms with Crippen molar-refractivity contribution in [1.82, 2.24) is 14.5 Å². The number of nitrogens with zero attached hydrogens (tertiary/aromatic N) is 3. The summed E-state index contributed by atoms with van der Waals surface area (Å²) < 4.78 is 2.07. The van der Waals surface area contributed by atoms with Gasteiger partial charge in [-0.3, -0.25) is 4.79 Å².